The molecule has 0 spiro atoms. The fourth-order valence-corrected chi connectivity index (χ4v) is 2.23. The Morgan fingerprint density at radius 3 is 2.83 bits per heavy atom. The lowest BCUT2D eigenvalue weighted by molar-refractivity contribution is -0.123. The van der Waals surface area contributed by atoms with Crippen LogP contribution in [0, 0.1) is 5.82 Å². The smallest absolute Gasteiger partial charge is 0.258 e. The Morgan fingerprint density at radius 2 is 2.17 bits per heavy atom. The van der Waals surface area contributed by atoms with Crippen molar-refractivity contribution in [3.8, 4) is 5.75 Å². The van der Waals surface area contributed by atoms with Gasteiger partial charge in [-0.05, 0) is 25.0 Å². The molecule has 0 aromatic heterocycles. The van der Waals surface area contributed by atoms with Crippen molar-refractivity contribution in [3.63, 3.8) is 0 Å². The molecule has 0 saturated heterocycles. The van der Waals surface area contributed by atoms with E-state index in [4.69, 9.17) is 16.3 Å². The van der Waals surface area contributed by atoms with Gasteiger partial charge in [0.15, 0.2) is 6.61 Å². The van der Waals surface area contributed by atoms with Crippen LogP contribution >= 0.6 is 11.6 Å². The minimum atomic E-state index is -0.501. The molecule has 5 heteroatoms. The van der Waals surface area contributed by atoms with Gasteiger partial charge in [-0.2, -0.15) is 0 Å². The minimum absolute atomic E-state index is 0.0105. The topological polar surface area (TPSA) is 38.3 Å². The lowest BCUT2D eigenvalue weighted by Gasteiger charge is -2.12. The first-order chi connectivity index (χ1) is 8.65. The first-order valence-corrected chi connectivity index (χ1v) is 6.40. The Kier molecular flexibility index (Phi) is 4.42. The number of hydrogen-bond donors (Lipinski definition) is 1. The average molecular weight is 272 g/mol. The number of carbonyl (C=O) groups is 1. The van der Waals surface area contributed by atoms with Crippen LogP contribution in [-0.4, -0.2) is 18.6 Å². The first-order valence-electron chi connectivity index (χ1n) is 6.02. The van der Waals surface area contributed by atoms with Crippen molar-refractivity contribution in [2.24, 2.45) is 0 Å². The number of hydrogen-bond acceptors (Lipinski definition) is 2. The van der Waals surface area contributed by atoms with Gasteiger partial charge in [0.05, 0.1) is 5.02 Å². The number of nitrogens with one attached hydrogen (secondary N) is 1. The van der Waals surface area contributed by atoms with Crippen LogP contribution in [0.5, 0.6) is 5.75 Å². The van der Waals surface area contributed by atoms with Crippen LogP contribution < -0.4 is 10.1 Å². The highest BCUT2D eigenvalue weighted by Crippen LogP contribution is 2.21. The molecule has 0 unspecified atom stereocenters. The standard InChI is InChI=1S/C13H15ClFNO2/c14-11-7-10(5-6-12(11)15)18-8-13(17)16-9-3-1-2-4-9/h5-7,9H,1-4,8H2,(H,16,17). The summed E-state index contributed by atoms with van der Waals surface area (Å²) in [6.45, 7) is -0.0710. The maximum absolute atomic E-state index is 12.9. The molecule has 2 rings (SSSR count). The molecule has 3 nitrogen and oxygen atoms in total. The van der Waals surface area contributed by atoms with Crippen molar-refractivity contribution in [1.82, 2.24) is 5.32 Å². The van der Waals surface area contributed by atoms with Crippen molar-refractivity contribution in [1.29, 1.82) is 0 Å². The van der Waals surface area contributed by atoms with Gasteiger partial charge < -0.3 is 10.1 Å². The number of amides is 1. The Morgan fingerprint density at radius 1 is 1.44 bits per heavy atom. The van der Waals surface area contributed by atoms with Gasteiger partial charge in [0.1, 0.15) is 11.6 Å². The quantitative estimate of drug-likeness (QED) is 0.914. The van der Waals surface area contributed by atoms with E-state index in [9.17, 15) is 9.18 Å². The normalized spacial score (nSPS) is 15.7. The van der Waals surface area contributed by atoms with Gasteiger partial charge in [-0.15, -0.1) is 0 Å². The van der Waals surface area contributed by atoms with E-state index in [2.05, 4.69) is 5.32 Å². The Bertz CT molecular complexity index is 433. The Balaban J connectivity index is 1.79. The Hall–Kier alpha value is -1.29. The number of carbonyl (C=O) groups excluding carboxylic acids is 1. The van der Waals surface area contributed by atoms with E-state index in [0.29, 0.717) is 5.75 Å². The van der Waals surface area contributed by atoms with Gasteiger partial charge in [0.2, 0.25) is 0 Å². The summed E-state index contributed by atoms with van der Waals surface area (Å²) in [4.78, 5) is 11.6. The van der Waals surface area contributed by atoms with Gasteiger partial charge in [-0.25, -0.2) is 4.39 Å². The predicted molar refractivity (Wildman–Crippen MR) is 67.3 cm³/mol. The lowest BCUT2D eigenvalue weighted by Crippen LogP contribution is -2.36. The summed E-state index contributed by atoms with van der Waals surface area (Å²) in [6.07, 6.45) is 4.40. The molecule has 98 valence electrons. The van der Waals surface area contributed by atoms with Crippen LogP contribution in [0.25, 0.3) is 0 Å². The highest BCUT2D eigenvalue weighted by atomic mass is 35.5. The molecule has 1 fully saturated rings. The highest BCUT2D eigenvalue weighted by Gasteiger charge is 2.17. The maximum atomic E-state index is 12.9. The summed E-state index contributed by atoms with van der Waals surface area (Å²) >= 11 is 5.61. The molecular formula is C13H15ClFNO2. The lowest BCUT2D eigenvalue weighted by atomic mass is 10.2. The molecule has 0 atom stereocenters. The van der Waals surface area contributed by atoms with Gasteiger partial charge in [0.25, 0.3) is 5.91 Å². The zero-order valence-corrected chi connectivity index (χ0v) is 10.7. The second-order valence-electron chi connectivity index (χ2n) is 4.41. The molecular weight excluding hydrogens is 257 g/mol. The van der Waals surface area contributed by atoms with E-state index < -0.39 is 5.82 Å². The molecule has 0 radical (unpaired) electrons. The third-order valence-corrected chi connectivity index (χ3v) is 3.27. The third kappa shape index (κ3) is 3.60. The molecule has 1 aromatic rings. The molecule has 1 aromatic carbocycles. The van der Waals surface area contributed by atoms with Crippen LogP contribution in [0.1, 0.15) is 25.7 Å². The van der Waals surface area contributed by atoms with Crippen LogP contribution in [0.2, 0.25) is 5.02 Å². The minimum Gasteiger partial charge on any atom is -0.484 e. The largest absolute Gasteiger partial charge is 0.484 e. The van der Waals surface area contributed by atoms with Crippen molar-refractivity contribution >= 4 is 17.5 Å². The number of rotatable bonds is 4. The van der Waals surface area contributed by atoms with E-state index in [0.717, 1.165) is 12.8 Å². The second-order valence-corrected chi connectivity index (χ2v) is 4.82. The van der Waals surface area contributed by atoms with Crippen LogP contribution in [0.4, 0.5) is 4.39 Å². The molecule has 1 aliphatic carbocycles. The molecule has 1 N–H and O–H groups in total. The van der Waals surface area contributed by atoms with Crippen LogP contribution in [0.3, 0.4) is 0 Å². The first kappa shape index (κ1) is 13.1. The molecule has 0 heterocycles. The van der Waals surface area contributed by atoms with E-state index in [1.807, 2.05) is 0 Å². The second kappa shape index (κ2) is 6.05. The number of halogens is 2. The fraction of sp³-hybridized carbons (Fsp3) is 0.462. The zero-order valence-electron chi connectivity index (χ0n) is 9.92. The van der Waals surface area contributed by atoms with Crippen LogP contribution in [-0.2, 0) is 4.79 Å². The Labute approximate surface area is 110 Å². The maximum Gasteiger partial charge on any atom is 0.258 e. The fourth-order valence-electron chi connectivity index (χ4n) is 2.06. The summed E-state index contributed by atoms with van der Waals surface area (Å²) in [7, 11) is 0. The van der Waals surface area contributed by atoms with Crippen molar-refractivity contribution in [2.75, 3.05) is 6.61 Å². The molecule has 0 bridgehead atoms. The van der Waals surface area contributed by atoms with Crippen molar-refractivity contribution in [2.45, 2.75) is 31.7 Å². The van der Waals surface area contributed by atoms with E-state index in [-0.39, 0.29) is 23.6 Å². The van der Waals surface area contributed by atoms with Gasteiger partial charge in [-0.3, -0.25) is 4.79 Å². The molecule has 1 amide bonds. The summed E-state index contributed by atoms with van der Waals surface area (Å²) in [6, 6.07) is 4.30. The van der Waals surface area contributed by atoms with Crippen molar-refractivity contribution in [3.05, 3.63) is 29.0 Å². The van der Waals surface area contributed by atoms with E-state index >= 15 is 0 Å². The van der Waals surface area contributed by atoms with Gasteiger partial charge in [0, 0.05) is 12.1 Å². The summed E-state index contributed by atoms with van der Waals surface area (Å²) < 4.78 is 18.2. The monoisotopic (exact) mass is 271 g/mol. The van der Waals surface area contributed by atoms with E-state index in [1.54, 1.807) is 0 Å². The summed E-state index contributed by atoms with van der Waals surface area (Å²) in [5, 5.41) is 2.89. The summed E-state index contributed by atoms with van der Waals surface area (Å²) in [5.74, 6) is -0.259. The van der Waals surface area contributed by atoms with Crippen molar-refractivity contribution < 1.29 is 13.9 Å². The van der Waals surface area contributed by atoms with Gasteiger partial charge >= 0.3 is 0 Å². The third-order valence-electron chi connectivity index (χ3n) is 2.98. The average Bonchev–Trinajstić information content (AvgIpc) is 2.83. The highest BCUT2D eigenvalue weighted by molar-refractivity contribution is 6.30. The number of benzene rings is 1. The number of ether oxygens (including phenoxy) is 1. The summed E-state index contributed by atoms with van der Waals surface area (Å²) in [5.41, 5.74) is 0. The van der Waals surface area contributed by atoms with E-state index in [1.165, 1.54) is 31.0 Å². The SMILES string of the molecule is O=C(COc1ccc(F)c(Cl)c1)NC1CCCC1. The predicted octanol–water partition coefficient (Wildman–Crippen LogP) is 2.92. The molecule has 18 heavy (non-hydrogen) atoms. The molecule has 0 aliphatic heterocycles. The zero-order chi connectivity index (χ0) is 13.0. The molecule has 1 aliphatic rings. The van der Waals surface area contributed by atoms with Gasteiger partial charge in [-0.1, -0.05) is 24.4 Å². The molecule has 1 saturated carbocycles. The van der Waals surface area contributed by atoms with Crippen LogP contribution in [0.15, 0.2) is 18.2 Å².